The van der Waals surface area contributed by atoms with Crippen molar-refractivity contribution < 1.29 is 38.2 Å². The van der Waals surface area contributed by atoms with E-state index in [1.54, 1.807) is 42.5 Å². The third-order valence-electron chi connectivity index (χ3n) is 5.80. The van der Waals surface area contributed by atoms with E-state index in [4.69, 9.17) is 9.47 Å². The number of nitrogens with zero attached hydrogens (tertiary/aromatic N) is 1. The zero-order valence-corrected chi connectivity index (χ0v) is 19.9. The number of ketones is 1. The Bertz CT molecular complexity index is 1320. The summed E-state index contributed by atoms with van der Waals surface area (Å²) in [7, 11) is 1.28. The minimum atomic E-state index is -0.722. The quantitative estimate of drug-likeness (QED) is 0.262. The van der Waals surface area contributed by atoms with Crippen LogP contribution in [0.3, 0.4) is 0 Å². The molecule has 1 fully saturated rings. The van der Waals surface area contributed by atoms with Gasteiger partial charge in [0.25, 0.3) is 0 Å². The average Bonchev–Trinajstić information content (AvgIpc) is 3.33. The van der Waals surface area contributed by atoms with E-state index in [1.165, 1.54) is 48.4 Å². The summed E-state index contributed by atoms with van der Waals surface area (Å²) in [5, 5.41) is 0. The first kappa shape index (κ1) is 25.3. The molecule has 9 heteroatoms. The van der Waals surface area contributed by atoms with Crippen LogP contribution < -0.4 is 9.64 Å². The van der Waals surface area contributed by atoms with Gasteiger partial charge in [-0.1, -0.05) is 18.2 Å². The molecule has 4 rings (SSSR count). The highest BCUT2D eigenvalue weighted by Gasteiger charge is 2.36. The summed E-state index contributed by atoms with van der Waals surface area (Å²) in [5.41, 5.74) is 1.56. The molecule has 1 atom stereocenters. The lowest BCUT2D eigenvalue weighted by Gasteiger charge is -2.16. The molecule has 0 aliphatic carbocycles. The van der Waals surface area contributed by atoms with Gasteiger partial charge in [-0.3, -0.25) is 14.4 Å². The van der Waals surface area contributed by atoms with Crippen LogP contribution in [0.15, 0.2) is 78.9 Å². The van der Waals surface area contributed by atoms with E-state index in [2.05, 4.69) is 4.74 Å². The normalized spacial score (nSPS) is 14.7. The molecule has 0 spiro atoms. The number of amides is 1. The third kappa shape index (κ3) is 6.07. The number of benzene rings is 3. The monoisotopic (exact) mass is 501 g/mol. The van der Waals surface area contributed by atoms with Crippen molar-refractivity contribution in [1.82, 2.24) is 0 Å². The summed E-state index contributed by atoms with van der Waals surface area (Å²) in [6.07, 6.45) is -0.0484. The Labute approximate surface area is 212 Å². The number of hydrogen-bond acceptors (Lipinski definition) is 8. The number of ether oxygens (including phenoxy) is 3. The molecule has 0 radical (unpaired) electrons. The summed E-state index contributed by atoms with van der Waals surface area (Å²) in [5.74, 6) is -2.81. The highest BCUT2D eigenvalue weighted by atomic mass is 16.5. The molecule has 0 unspecified atom stereocenters. The predicted octanol–water partition coefficient (Wildman–Crippen LogP) is 3.47. The lowest BCUT2D eigenvalue weighted by atomic mass is 10.1. The van der Waals surface area contributed by atoms with Crippen molar-refractivity contribution in [2.45, 2.75) is 6.42 Å². The fraction of sp³-hybridized carbons (Fsp3) is 0.179. The first-order valence-electron chi connectivity index (χ1n) is 11.4. The number of carbonyl (C=O) groups is 5. The van der Waals surface area contributed by atoms with E-state index in [1.807, 2.05) is 0 Å². The van der Waals surface area contributed by atoms with E-state index in [0.29, 0.717) is 16.8 Å². The SMILES string of the molecule is COC(=O)c1ccc(N2C[C@H](C(=O)OCC(=O)c3ccc(OC(=O)c4ccccc4)cc3)CC2=O)cc1. The standard InChI is InChI=1S/C28H23NO8/c1-35-26(32)20-7-11-22(12-8-20)29-16-21(15-25(29)31)27(33)36-17-24(30)18-9-13-23(14-10-18)37-28(34)19-5-3-2-4-6-19/h2-14,21H,15-17H2,1H3/t21-/m1/s1. The van der Waals surface area contributed by atoms with E-state index in [-0.39, 0.29) is 30.2 Å². The van der Waals surface area contributed by atoms with Crippen LogP contribution in [0.2, 0.25) is 0 Å². The van der Waals surface area contributed by atoms with Crippen molar-refractivity contribution >= 4 is 35.3 Å². The molecule has 9 nitrogen and oxygen atoms in total. The molecular weight excluding hydrogens is 478 g/mol. The van der Waals surface area contributed by atoms with Gasteiger partial charge in [-0.25, -0.2) is 9.59 Å². The molecule has 3 aromatic rings. The molecule has 0 saturated carbocycles. The van der Waals surface area contributed by atoms with Gasteiger partial charge in [-0.15, -0.1) is 0 Å². The molecule has 37 heavy (non-hydrogen) atoms. The van der Waals surface area contributed by atoms with Crippen LogP contribution in [0.1, 0.15) is 37.5 Å². The molecule has 3 aromatic carbocycles. The molecule has 188 valence electrons. The number of esters is 3. The highest BCUT2D eigenvalue weighted by Crippen LogP contribution is 2.26. The van der Waals surface area contributed by atoms with E-state index < -0.39 is 36.2 Å². The van der Waals surface area contributed by atoms with Gasteiger partial charge < -0.3 is 19.1 Å². The maximum Gasteiger partial charge on any atom is 0.343 e. The van der Waals surface area contributed by atoms with Gasteiger partial charge in [0.2, 0.25) is 5.91 Å². The second kappa shape index (κ2) is 11.3. The number of carbonyl (C=O) groups excluding carboxylic acids is 5. The lowest BCUT2D eigenvalue weighted by Crippen LogP contribution is -2.27. The van der Waals surface area contributed by atoms with Gasteiger partial charge in [0.05, 0.1) is 24.2 Å². The Morgan fingerprint density at radius 2 is 1.43 bits per heavy atom. The van der Waals surface area contributed by atoms with Crippen LogP contribution in [0.25, 0.3) is 0 Å². The van der Waals surface area contributed by atoms with Gasteiger partial charge >= 0.3 is 17.9 Å². The van der Waals surface area contributed by atoms with Crippen molar-refractivity contribution in [2.75, 3.05) is 25.2 Å². The first-order chi connectivity index (χ1) is 17.9. The Balaban J connectivity index is 1.28. The van der Waals surface area contributed by atoms with Crippen LogP contribution in [-0.4, -0.2) is 49.9 Å². The van der Waals surface area contributed by atoms with E-state index in [0.717, 1.165) is 0 Å². The van der Waals surface area contributed by atoms with Crippen molar-refractivity contribution in [3.63, 3.8) is 0 Å². The molecule has 1 aliphatic rings. The summed E-state index contributed by atoms with van der Waals surface area (Å²) < 4.78 is 15.1. The number of rotatable bonds is 8. The number of hydrogen-bond donors (Lipinski definition) is 0. The summed E-state index contributed by atoms with van der Waals surface area (Å²) in [6.45, 7) is -0.384. The minimum Gasteiger partial charge on any atom is -0.465 e. The fourth-order valence-electron chi connectivity index (χ4n) is 3.80. The summed E-state index contributed by atoms with van der Waals surface area (Å²) in [6, 6.07) is 20.7. The van der Waals surface area contributed by atoms with Crippen molar-refractivity contribution in [3.8, 4) is 5.75 Å². The maximum atomic E-state index is 12.5. The number of methoxy groups -OCH3 is 1. The largest absolute Gasteiger partial charge is 0.465 e. The third-order valence-corrected chi connectivity index (χ3v) is 5.80. The predicted molar refractivity (Wildman–Crippen MR) is 131 cm³/mol. The van der Waals surface area contributed by atoms with Crippen LogP contribution in [-0.2, 0) is 19.1 Å². The zero-order chi connectivity index (χ0) is 26.4. The highest BCUT2D eigenvalue weighted by molar-refractivity contribution is 6.01. The van der Waals surface area contributed by atoms with Crippen molar-refractivity contribution in [2.24, 2.45) is 5.92 Å². The van der Waals surface area contributed by atoms with E-state index in [9.17, 15) is 24.0 Å². The minimum absolute atomic E-state index is 0.0484. The molecule has 1 aliphatic heterocycles. The zero-order valence-electron chi connectivity index (χ0n) is 19.9. The molecule has 0 N–H and O–H groups in total. The molecule has 1 saturated heterocycles. The van der Waals surface area contributed by atoms with Gasteiger partial charge in [0.15, 0.2) is 12.4 Å². The Morgan fingerprint density at radius 1 is 0.811 bits per heavy atom. The van der Waals surface area contributed by atoms with Crippen molar-refractivity contribution in [3.05, 3.63) is 95.6 Å². The number of anilines is 1. The second-order valence-corrected chi connectivity index (χ2v) is 8.25. The van der Waals surface area contributed by atoms with Gasteiger partial charge in [-0.05, 0) is 60.7 Å². The summed E-state index contributed by atoms with van der Waals surface area (Å²) >= 11 is 0. The Kier molecular flexibility index (Phi) is 7.73. The fourth-order valence-corrected chi connectivity index (χ4v) is 3.80. The Morgan fingerprint density at radius 3 is 2.08 bits per heavy atom. The van der Waals surface area contributed by atoms with E-state index >= 15 is 0 Å². The van der Waals surface area contributed by atoms with Crippen LogP contribution in [0, 0.1) is 5.92 Å². The van der Waals surface area contributed by atoms with Crippen LogP contribution in [0.4, 0.5) is 5.69 Å². The lowest BCUT2D eigenvalue weighted by molar-refractivity contribution is -0.147. The smallest absolute Gasteiger partial charge is 0.343 e. The van der Waals surface area contributed by atoms with Gasteiger partial charge in [-0.2, -0.15) is 0 Å². The summed E-state index contributed by atoms with van der Waals surface area (Å²) in [4.78, 5) is 62.6. The van der Waals surface area contributed by atoms with Crippen LogP contribution >= 0.6 is 0 Å². The topological polar surface area (TPSA) is 116 Å². The van der Waals surface area contributed by atoms with Gasteiger partial charge in [0.1, 0.15) is 5.75 Å². The molecular formula is C28H23NO8. The molecule has 0 bridgehead atoms. The Hall–Kier alpha value is -4.79. The molecule has 0 aromatic heterocycles. The average molecular weight is 501 g/mol. The molecule has 1 amide bonds. The maximum absolute atomic E-state index is 12.5. The van der Waals surface area contributed by atoms with Crippen LogP contribution in [0.5, 0.6) is 5.75 Å². The van der Waals surface area contributed by atoms with Crippen molar-refractivity contribution in [1.29, 1.82) is 0 Å². The van der Waals surface area contributed by atoms with Gasteiger partial charge in [0, 0.05) is 24.2 Å². The second-order valence-electron chi connectivity index (χ2n) is 8.25. The number of Topliss-reactive ketones (excluding diaryl/α,β-unsaturated/α-hetero) is 1. The molecule has 1 heterocycles. The first-order valence-corrected chi connectivity index (χ1v) is 11.4.